The molecule has 0 saturated carbocycles. The molecule has 1 atom stereocenters. The van der Waals surface area contributed by atoms with Crippen molar-refractivity contribution in [1.29, 1.82) is 0 Å². The summed E-state index contributed by atoms with van der Waals surface area (Å²) in [7, 11) is -2.09. The van der Waals surface area contributed by atoms with Crippen LogP contribution in [-0.4, -0.2) is 39.4 Å². The third-order valence-electron chi connectivity index (χ3n) is 3.62. The van der Waals surface area contributed by atoms with Crippen LogP contribution in [0.25, 0.3) is 0 Å². The van der Waals surface area contributed by atoms with Gasteiger partial charge in [0.15, 0.2) is 0 Å². The maximum Gasteiger partial charge on any atom is 0.416 e. The summed E-state index contributed by atoms with van der Waals surface area (Å²) >= 11 is 5.78. The number of alkyl halides is 3. The third-order valence-corrected chi connectivity index (χ3v) is 5.97. The van der Waals surface area contributed by atoms with Crippen molar-refractivity contribution in [2.75, 3.05) is 26.7 Å². The van der Waals surface area contributed by atoms with E-state index in [0.29, 0.717) is 32.1 Å². The Morgan fingerprint density at radius 1 is 1.41 bits per heavy atom. The second-order valence-corrected chi connectivity index (χ2v) is 7.53. The second-order valence-electron chi connectivity index (χ2n) is 5.22. The molecule has 1 aromatic rings. The maximum atomic E-state index is 12.6. The Labute approximate surface area is 132 Å². The monoisotopic (exact) mass is 356 g/mol. The fraction of sp³-hybridized carbons (Fsp3) is 0.538. The molecule has 22 heavy (non-hydrogen) atoms. The topological polar surface area (TPSA) is 49.4 Å². The normalized spacial score (nSPS) is 20.5. The zero-order valence-electron chi connectivity index (χ0n) is 11.8. The summed E-state index contributed by atoms with van der Waals surface area (Å²) in [4.78, 5) is -0.285. The van der Waals surface area contributed by atoms with E-state index in [1.54, 1.807) is 7.05 Å². The summed E-state index contributed by atoms with van der Waals surface area (Å²) in [5.41, 5.74) is -0.967. The number of rotatable bonds is 4. The molecule has 0 spiro atoms. The number of nitrogens with zero attached hydrogens (tertiary/aromatic N) is 1. The second kappa shape index (κ2) is 6.35. The Hall–Kier alpha value is -0.830. The van der Waals surface area contributed by atoms with Crippen molar-refractivity contribution in [3.05, 3.63) is 28.8 Å². The molecule has 0 radical (unpaired) electrons. The average molecular weight is 357 g/mol. The number of nitrogens with one attached hydrogen (secondary N) is 1. The summed E-state index contributed by atoms with van der Waals surface area (Å²) in [6.07, 6.45) is -3.85. The van der Waals surface area contributed by atoms with Crippen molar-refractivity contribution in [1.82, 2.24) is 9.62 Å². The Kier molecular flexibility index (Phi) is 5.06. The molecule has 1 N–H and O–H groups in total. The average Bonchev–Trinajstić information content (AvgIpc) is 2.87. The minimum Gasteiger partial charge on any atom is -0.319 e. The van der Waals surface area contributed by atoms with Crippen LogP contribution in [0.1, 0.15) is 12.0 Å². The van der Waals surface area contributed by atoms with Gasteiger partial charge in [-0.15, -0.1) is 0 Å². The quantitative estimate of drug-likeness (QED) is 0.902. The Morgan fingerprint density at radius 3 is 2.64 bits per heavy atom. The van der Waals surface area contributed by atoms with E-state index >= 15 is 0 Å². The number of sulfonamides is 1. The minimum absolute atomic E-state index is 0.188. The number of hydrogen-bond acceptors (Lipinski definition) is 3. The van der Waals surface area contributed by atoms with Gasteiger partial charge >= 0.3 is 6.18 Å². The van der Waals surface area contributed by atoms with Crippen molar-refractivity contribution in [3.8, 4) is 0 Å². The molecule has 2 rings (SSSR count). The first-order valence-corrected chi connectivity index (χ1v) is 8.49. The van der Waals surface area contributed by atoms with Crippen molar-refractivity contribution >= 4 is 21.6 Å². The molecule has 1 saturated heterocycles. The van der Waals surface area contributed by atoms with Crippen LogP contribution in [0.2, 0.25) is 5.02 Å². The zero-order valence-corrected chi connectivity index (χ0v) is 13.4. The van der Waals surface area contributed by atoms with Gasteiger partial charge in [0.2, 0.25) is 10.0 Å². The highest BCUT2D eigenvalue weighted by molar-refractivity contribution is 7.89. The highest BCUT2D eigenvalue weighted by Gasteiger charge is 2.35. The minimum atomic E-state index is -4.56. The molecule has 1 aliphatic rings. The van der Waals surface area contributed by atoms with Gasteiger partial charge in [-0.3, -0.25) is 0 Å². The van der Waals surface area contributed by atoms with Crippen LogP contribution in [0.15, 0.2) is 23.1 Å². The molecule has 1 heterocycles. The molecule has 124 valence electrons. The lowest BCUT2D eigenvalue weighted by Crippen LogP contribution is -2.30. The molecule has 0 aliphatic carbocycles. The summed E-state index contributed by atoms with van der Waals surface area (Å²) < 4.78 is 64.1. The van der Waals surface area contributed by atoms with Crippen LogP contribution >= 0.6 is 11.6 Å². The molecule has 1 aliphatic heterocycles. The Morgan fingerprint density at radius 2 is 2.09 bits per heavy atom. The molecule has 1 fully saturated rings. The standard InChI is InChI=1S/C13H16ClF3N2O2S/c1-18-7-9-4-5-19(8-9)22(20,21)12-3-2-10(6-11(12)14)13(15,16)17/h2-3,6,9,18H,4-5,7-8H2,1H3. The highest BCUT2D eigenvalue weighted by Crippen LogP contribution is 2.35. The molecular formula is C13H16ClF3N2O2S. The van der Waals surface area contributed by atoms with Gasteiger partial charge in [-0.2, -0.15) is 17.5 Å². The van der Waals surface area contributed by atoms with Gasteiger partial charge in [-0.25, -0.2) is 8.42 Å². The molecule has 0 bridgehead atoms. The van der Waals surface area contributed by atoms with Crippen molar-refractivity contribution in [2.24, 2.45) is 5.92 Å². The first-order chi connectivity index (χ1) is 10.2. The van der Waals surface area contributed by atoms with Gasteiger partial charge in [0.05, 0.1) is 10.6 Å². The van der Waals surface area contributed by atoms with E-state index in [9.17, 15) is 21.6 Å². The maximum absolute atomic E-state index is 12.6. The number of halogens is 4. The van der Waals surface area contributed by atoms with Crippen molar-refractivity contribution < 1.29 is 21.6 Å². The summed E-state index contributed by atoms with van der Waals surface area (Å²) in [5, 5.41) is 2.57. The van der Waals surface area contributed by atoms with Crippen LogP contribution in [0.3, 0.4) is 0 Å². The van der Waals surface area contributed by atoms with Gasteiger partial charge in [-0.1, -0.05) is 11.6 Å². The Bertz CT molecular complexity index is 649. The van der Waals surface area contributed by atoms with Crippen LogP contribution in [0.5, 0.6) is 0 Å². The largest absolute Gasteiger partial charge is 0.416 e. The van der Waals surface area contributed by atoms with E-state index in [4.69, 9.17) is 11.6 Å². The van der Waals surface area contributed by atoms with E-state index in [1.807, 2.05) is 0 Å². The van der Waals surface area contributed by atoms with Crippen LogP contribution in [-0.2, 0) is 16.2 Å². The first kappa shape index (κ1) is 17.5. The number of benzene rings is 1. The molecule has 4 nitrogen and oxygen atoms in total. The molecule has 1 unspecified atom stereocenters. The zero-order chi connectivity index (χ0) is 16.5. The SMILES string of the molecule is CNCC1CCN(S(=O)(=O)c2ccc(C(F)(F)F)cc2Cl)C1. The van der Waals surface area contributed by atoms with Crippen LogP contribution in [0.4, 0.5) is 13.2 Å². The van der Waals surface area contributed by atoms with Gasteiger partial charge in [0.1, 0.15) is 4.90 Å². The van der Waals surface area contributed by atoms with E-state index < -0.39 is 26.8 Å². The van der Waals surface area contributed by atoms with E-state index in [1.165, 1.54) is 4.31 Å². The van der Waals surface area contributed by atoms with Crippen LogP contribution < -0.4 is 5.32 Å². The molecular weight excluding hydrogens is 341 g/mol. The summed E-state index contributed by atoms with van der Waals surface area (Å²) in [5.74, 6) is 0.188. The lowest BCUT2D eigenvalue weighted by molar-refractivity contribution is -0.137. The fourth-order valence-corrected chi connectivity index (χ4v) is 4.55. The molecule has 9 heteroatoms. The third kappa shape index (κ3) is 3.56. The lowest BCUT2D eigenvalue weighted by Gasteiger charge is -2.18. The molecule has 0 aromatic heterocycles. The van der Waals surface area contributed by atoms with Crippen molar-refractivity contribution in [3.63, 3.8) is 0 Å². The Balaban J connectivity index is 2.27. The smallest absolute Gasteiger partial charge is 0.319 e. The first-order valence-electron chi connectivity index (χ1n) is 6.67. The predicted molar refractivity (Wildman–Crippen MR) is 77.2 cm³/mol. The van der Waals surface area contributed by atoms with Gasteiger partial charge in [0, 0.05) is 13.1 Å². The molecule has 1 aromatic carbocycles. The van der Waals surface area contributed by atoms with Gasteiger partial charge in [0.25, 0.3) is 0 Å². The van der Waals surface area contributed by atoms with E-state index in [-0.39, 0.29) is 10.8 Å². The molecule has 0 amide bonds. The van der Waals surface area contributed by atoms with Crippen molar-refractivity contribution in [2.45, 2.75) is 17.5 Å². The van der Waals surface area contributed by atoms with Crippen LogP contribution in [0, 0.1) is 5.92 Å². The fourth-order valence-electron chi connectivity index (χ4n) is 2.50. The van der Waals surface area contributed by atoms with Gasteiger partial charge in [-0.05, 0) is 44.1 Å². The lowest BCUT2D eigenvalue weighted by atomic mass is 10.1. The summed E-state index contributed by atoms with van der Waals surface area (Å²) in [6.45, 7) is 1.36. The van der Waals surface area contributed by atoms with Gasteiger partial charge < -0.3 is 5.32 Å². The highest BCUT2D eigenvalue weighted by atomic mass is 35.5. The predicted octanol–water partition coefficient (Wildman–Crippen LogP) is 2.59. The van der Waals surface area contributed by atoms with E-state index in [0.717, 1.165) is 12.1 Å². The van der Waals surface area contributed by atoms with E-state index in [2.05, 4.69) is 5.32 Å². The summed E-state index contributed by atoms with van der Waals surface area (Å²) in [6, 6.07) is 2.31. The number of hydrogen-bond donors (Lipinski definition) is 1.